The van der Waals surface area contributed by atoms with Gasteiger partial charge in [-0.05, 0) is 42.2 Å². The molecular weight excluding hydrogens is 570 g/mol. The smallest absolute Gasteiger partial charge is 0.364 e. The van der Waals surface area contributed by atoms with Gasteiger partial charge in [0.1, 0.15) is 17.3 Å². The summed E-state index contributed by atoms with van der Waals surface area (Å²) in [4.78, 5) is 40.9. The molecular formula is C30H35N7O7. The average Bonchev–Trinajstić information content (AvgIpc) is 3.51. The highest BCUT2D eigenvalue weighted by molar-refractivity contribution is 6.42. The van der Waals surface area contributed by atoms with Crippen molar-refractivity contribution >= 4 is 23.2 Å². The van der Waals surface area contributed by atoms with E-state index in [0.717, 1.165) is 16.3 Å². The van der Waals surface area contributed by atoms with Crippen molar-refractivity contribution < 1.29 is 28.8 Å². The molecule has 1 atom stereocenters. The second-order valence-electron chi connectivity index (χ2n) is 11.0. The largest absolute Gasteiger partial charge is 0.461 e. The van der Waals surface area contributed by atoms with Crippen LogP contribution in [0.4, 0.5) is 5.69 Å². The van der Waals surface area contributed by atoms with Gasteiger partial charge in [-0.15, -0.1) is 0 Å². The minimum atomic E-state index is -1.48. The first-order chi connectivity index (χ1) is 20.9. The van der Waals surface area contributed by atoms with Gasteiger partial charge in [-0.2, -0.15) is 10.3 Å². The zero-order valence-electron chi connectivity index (χ0n) is 25.7. The Morgan fingerprint density at radius 3 is 2.57 bits per heavy atom. The lowest BCUT2D eigenvalue weighted by atomic mass is 9.86. The molecule has 2 aromatic rings. The molecule has 2 heterocycles. The van der Waals surface area contributed by atoms with Crippen molar-refractivity contribution in [3.8, 4) is 17.6 Å². The molecule has 44 heavy (non-hydrogen) atoms. The van der Waals surface area contributed by atoms with Crippen LogP contribution in [0.2, 0.25) is 0 Å². The number of rotatable bonds is 10. The van der Waals surface area contributed by atoms with Crippen LogP contribution in [-0.2, 0) is 19.8 Å². The Bertz CT molecular complexity index is 1580. The Labute approximate surface area is 255 Å². The SMILES string of the molecule is CCOC(=O)C1=NC(Oc2cc(C#N)ccc2C(C)(C)C)N(OC)C(Oc2cc(C3=NCCN3)cc(N(C)C)c2)=C1[N+](=O)[O-]. The summed E-state index contributed by atoms with van der Waals surface area (Å²) in [5.74, 6) is -0.390. The molecule has 2 aromatic carbocycles. The Morgan fingerprint density at radius 2 is 2.00 bits per heavy atom. The maximum absolute atomic E-state index is 13.1. The molecule has 0 saturated heterocycles. The third-order valence-corrected chi connectivity index (χ3v) is 6.64. The van der Waals surface area contributed by atoms with E-state index in [1.54, 1.807) is 31.2 Å². The Kier molecular flexibility index (Phi) is 9.39. The van der Waals surface area contributed by atoms with Gasteiger partial charge in [-0.25, -0.2) is 9.79 Å². The summed E-state index contributed by atoms with van der Waals surface area (Å²) in [5.41, 5.74) is 0.640. The minimum absolute atomic E-state index is 0.0553. The predicted octanol–water partition coefficient (Wildman–Crippen LogP) is 3.34. The van der Waals surface area contributed by atoms with Crippen LogP contribution in [0.25, 0.3) is 0 Å². The number of nitro groups is 1. The van der Waals surface area contributed by atoms with Crippen molar-refractivity contribution in [2.45, 2.75) is 39.5 Å². The van der Waals surface area contributed by atoms with E-state index in [2.05, 4.69) is 21.4 Å². The molecule has 0 aliphatic carbocycles. The number of amidine groups is 1. The summed E-state index contributed by atoms with van der Waals surface area (Å²) in [5, 5.41) is 26.2. The van der Waals surface area contributed by atoms with E-state index in [4.69, 9.17) is 19.0 Å². The third kappa shape index (κ3) is 6.73. The van der Waals surface area contributed by atoms with Gasteiger partial charge in [0.15, 0.2) is 0 Å². The van der Waals surface area contributed by atoms with E-state index in [9.17, 15) is 20.2 Å². The fourth-order valence-electron chi connectivity index (χ4n) is 4.55. The number of hydroxylamine groups is 2. The first-order valence-corrected chi connectivity index (χ1v) is 13.9. The Hall–Kier alpha value is -5.16. The monoisotopic (exact) mass is 605 g/mol. The summed E-state index contributed by atoms with van der Waals surface area (Å²) >= 11 is 0. The van der Waals surface area contributed by atoms with Crippen molar-refractivity contribution in [1.82, 2.24) is 10.4 Å². The number of anilines is 1. The van der Waals surface area contributed by atoms with Crippen molar-refractivity contribution in [3.63, 3.8) is 0 Å². The summed E-state index contributed by atoms with van der Waals surface area (Å²) < 4.78 is 17.6. The number of carbonyl (C=O) groups is 1. The fraction of sp³-hybridized carbons (Fsp3) is 0.400. The molecule has 0 aromatic heterocycles. The minimum Gasteiger partial charge on any atom is -0.461 e. The molecule has 4 rings (SSSR count). The number of hydrogen-bond donors (Lipinski definition) is 1. The van der Waals surface area contributed by atoms with Crippen LogP contribution in [0.5, 0.6) is 11.5 Å². The number of aliphatic imine (C=N–C) groups is 2. The quantitative estimate of drug-likeness (QED) is 0.240. The zero-order chi connectivity index (χ0) is 32.2. The molecule has 0 spiro atoms. The number of esters is 1. The summed E-state index contributed by atoms with van der Waals surface area (Å²) in [6.07, 6.45) is -1.48. The molecule has 2 aliphatic heterocycles. The van der Waals surface area contributed by atoms with Gasteiger partial charge in [0.05, 0.1) is 36.8 Å². The van der Waals surface area contributed by atoms with E-state index in [0.29, 0.717) is 30.1 Å². The van der Waals surface area contributed by atoms with Gasteiger partial charge in [0, 0.05) is 38.0 Å². The molecule has 14 nitrogen and oxygen atoms in total. The van der Waals surface area contributed by atoms with Gasteiger partial charge in [0.2, 0.25) is 5.71 Å². The van der Waals surface area contributed by atoms with E-state index in [1.807, 2.05) is 45.8 Å². The lowest BCUT2D eigenvalue weighted by molar-refractivity contribution is -0.422. The maximum Gasteiger partial charge on any atom is 0.364 e. The summed E-state index contributed by atoms with van der Waals surface area (Å²) in [7, 11) is 4.94. The normalized spacial score (nSPS) is 16.4. The van der Waals surface area contributed by atoms with Crippen LogP contribution in [-0.4, -0.2) is 74.8 Å². The molecule has 232 valence electrons. The lowest BCUT2D eigenvalue weighted by Crippen LogP contribution is -2.46. The number of nitrogens with one attached hydrogen (secondary N) is 1. The number of benzene rings is 2. The molecule has 1 N–H and O–H groups in total. The Balaban J connectivity index is 1.89. The molecule has 0 amide bonds. The standard InChI is InChI=1S/C30H35N7O7/c1-8-42-28(38)24-25(37(39)40)27(43-21-15-19(26-32-11-12-33-26)14-20(16-21)35(5)6)36(41-7)29(34-24)44-23-13-18(17-31)9-10-22(23)30(2,3)4/h9-10,13-16,29H,8,11-12H2,1-7H3,(H,32,33). The number of nitrogens with zero attached hydrogens (tertiary/aromatic N) is 6. The van der Waals surface area contributed by atoms with Gasteiger partial charge in [-0.1, -0.05) is 26.8 Å². The van der Waals surface area contributed by atoms with Crippen molar-refractivity contribution in [1.29, 1.82) is 5.26 Å². The molecule has 2 aliphatic rings. The van der Waals surface area contributed by atoms with E-state index in [1.165, 1.54) is 13.2 Å². The molecule has 0 fully saturated rings. The fourth-order valence-corrected chi connectivity index (χ4v) is 4.55. The number of ether oxygens (including phenoxy) is 3. The number of carbonyl (C=O) groups excluding carboxylic acids is 1. The van der Waals surface area contributed by atoms with E-state index < -0.39 is 40.0 Å². The van der Waals surface area contributed by atoms with Crippen molar-refractivity contribution in [2.75, 3.05) is 45.8 Å². The number of nitriles is 1. The molecule has 0 saturated carbocycles. The highest BCUT2D eigenvalue weighted by Gasteiger charge is 2.45. The maximum atomic E-state index is 13.1. The summed E-state index contributed by atoms with van der Waals surface area (Å²) in [6, 6.07) is 12.3. The highest BCUT2D eigenvalue weighted by atomic mass is 16.7. The van der Waals surface area contributed by atoms with Gasteiger partial charge in [0.25, 0.3) is 6.35 Å². The summed E-state index contributed by atoms with van der Waals surface area (Å²) in [6.45, 7) is 8.67. The second-order valence-corrected chi connectivity index (χ2v) is 11.0. The van der Waals surface area contributed by atoms with Gasteiger partial charge in [-0.3, -0.25) is 19.9 Å². The van der Waals surface area contributed by atoms with Crippen molar-refractivity contribution in [3.05, 3.63) is 74.8 Å². The Morgan fingerprint density at radius 1 is 1.25 bits per heavy atom. The lowest BCUT2D eigenvalue weighted by Gasteiger charge is -2.33. The van der Waals surface area contributed by atoms with Crippen LogP contribution in [0.3, 0.4) is 0 Å². The molecule has 14 heteroatoms. The van der Waals surface area contributed by atoms with Crippen LogP contribution in [0.1, 0.15) is 44.4 Å². The van der Waals surface area contributed by atoms with Crippen LogP contribution < -0.4 is 19.7 Å². The van der Waals surface area contributed by atoms with Crippen LogP contribution in [0, 0.1) is 21.4 Å². The second kappa shape index (κ2) is 13.0. The first-order valence-electron chi connectivity index (χ1n) is 13.9. The van der Waals surface area contributed by atoms with Crippen LogP contribution in [0.15, 0.2) is 58.0 Å². The first kappa shape index (κ1) is 31.8. The topological polar surface area (TPSA) is 164 Å². The predicted molar refractivity (Wildman–Crippen MR) is 162 cm³/mol. The molecule has 0 radical (unpaired) electrons. The molecule has 1 unspecified atom stereocenters. The highest BCUT2D eigenvalue weighted by Crippen LogP contribution is 2.36. The average molecular weight is 606 g/mol. The van der Waals surface area contributed by atoms with Crippen molar-refractivity contribution in [2.24, 2.45) is 9.98 Å². The van der Waals surface area contributed by atoms with E-state index in [-0.39, 0.29) is 18.1 Å². The zero-order valence-corrected chi connectivity index (χ0v) is 25.7. The molecule has 0 bridgehead atoms. The van der Waals surface area contributed by atoms with Gasteiger partial charge < -0.3 is 24.4 Å². The van der Waals surface area contributed by atoms with E-state index >= 15 is 0 Å². The number of hydrogen-bond acceptors (Lipinski definition) is 13. The third-order valence-electron chi connectivity index (χ3n) is 6.64. The van der Waals surface area contributed by atoms with Crippen LogP contribution >= 0.6 is 0 Å². The van der Waals surface area contributed by atoms with Gasteiger partial charge >= 0.3 is 17.5 Å².